The second-order valence-corrected chi connectivity index (χ2v) is 13.2. The van der Waals surface area contributed by atoms with Gasteiger partial charge in [-0.25, -0.2) is 0 Å². The molecule has 150 valence electrons. The van der Waals surface area contributed by atoms with E-state index in [0.717, 1.165) is 19.7 Å². The largest absolute Gasteiger partial charge is 0.414 e. The summed E-state index contributed by atoms with van der Waals surface area (Å²) in [6.45, 7) is 21.1. The Morgan fingerprint density at radius 1 is 1.12 bits per heavy atom. The molecule has 0 amide bonds. The molecule has 0 radical (unpaired) electrons. The van der Waals surface area contributed by atoms with Gasteiger partial charge in [0.05, 0.1) is 12.7 Å². The SMILES string of the molecule is CC.CCO[C@@H](CO[Si](C)(C)C(C)(C)C)[C@H]1CNC[C@@H]1c1ccccc1. The van der Waals surface area contributed by atoms with E-state index in [4.69, 9.17) is 9.16 Å². The second-order valence-electron chi connectivity index (χ2n) is 8.40. The Hall–Kier alpha value is -0.683. The lowest BCUT2D eigenvalue weighted by molar-refractivity contribution is -0.0129. The standard InChI is InChI=1S/C20H35NO2Si.C2H6/c1-7-22-19(15-23-24(5,6)20(2,3)4)18-14-21-13-17(18)16-11-9-8-10-12-16;1-2/h8-12,17-19,21H,7,13-15H2,1-6H3;1-2H3/t17-,18+,19+;/m1./s1. The van der Waals surface area contributed by atoms with Gasteiger partial charge in [0.15, 0.2) is 8.32 Å². The van der Waals surface area contributed by atoms with Gasteiger partial charge < -0.3 is 14.5 Å². The molecule has 0 bridgehead atoms. The minimum atomic E-state index is -1.75. The summed E-state index contributed by atoms with van der Waals surface area (Å²) in [5.74, 6) is 0.975. The van der Waals surface area contributed by atoms with Crippen molar-refractivity contribution in [2.45, 2.75) is 71.7 Å². The molecule has 0 aliphatic carbocycles. The first kappa shape index (κ1) is 23.4. The fourth-order valence-electron chi connectivity index (χ4n) is 3.17. The van der Waals surface area contributed by atoms with E-state index in [1.165, 1.54) is 5.56 Å². The first-order valence-corrected chi connectivity index (χ1v) is 13.2. The van der Waals surface area contributed by atoms with Gasteiger partial charge in [-0.15, -0.1) is 0 Å². The summed E-state index contributed by atoms with van der Waals surface area (Å²) >= 11 is 0. The number of benzene rings is 1. The van der Waals surface area contributed by atoms with Crippen molar-refractivity contribution in [2.24, 2.45) is 5.92 Å². The highest BCUT2D eigenvalue weighted by Crippen LogP contribution is 2.38. The summed E-state index contributed by atoms with van der Waals surface area (Å²) in [6.07, 6.45) is 0.157. The van der Waals surface area contributed by atoms with Crippen LogP contribution in [0, 0.1) is 5.92 Å². The van der Waals surface area contributed by atoms with Crippen LogP contribution < -0.4 is 5.32 Å². The van der Waals surface area contributed by atoms with Crippen molar-refractivity contribution in [3.63, 3.8) is 0 Å². The molecule has 0 aromatic heterocycles. The predicted molar refractivity (Wildman–Crippen MR) is 115 cm³/mol. The van der Waals surface area contributed by atoms with Crippen molar-refractivity contribution in [3.8, 4) is 0 Å². The maximum absolute atomic E-state index is 6.49. The Labute approximate surface area is 163 Å². The Balaban J connectivity index is 0.00000163. The molecule has 1 aliphatic rings. The van der Waals surface area contributed by atoms with Crippen LogP contribution in [-0.2, 0) is 9.16 Å². The molecule has 1 heterocycles. The van der Waals surface area contributed by atoms with E-state index in [0.29, 0.717) is 18.4 Å². The molecule has 26 heavy (non-hydrogen) atoms. The fraction of sp³-hybridized carbons (Fsp3) is 0.727. The van der Waals surface area contributed by atoms with E-state index in [1.807, 2.05) is 13.8 Å². The molecule has 0 saturated carbocycles. The zero-order valence-corrected chi connectivity index (χ0v) is 19.3. The van der Waals surface area contributed by atoms with E-state index in [9.17, 15) is 0 Å². The zero-order chi connectivity index (χ0) is 19.8. The van der Waals surface area contributed by atoms with Crippen LogP contribution in [0.25, 0.3) is 0 Å². The van der Waals surface area contributed by atoms with Crippen molar-refractivity contribution >= 4 is 8.32 Å². The Bertz CT molecular complexity index is 499. The zero-order valence-electron chi connectivity index (χ0n) is 18.3. The van der Waals surface area contributed by atoms with Crippen molar-refractivity contribution in [1.29, 1.82) is 0 Å². The second kappa shape index (κ2) is 10.6. The van der Waals surface area contributed by atoms with E-state index in [1.54, 1.807) is 0 Å². The van der Waals surface area contributed by atoms with E-state index < -0.39 is 8.32 Å². The summed E-state index contributed by atoms with van der Waals surface area (Å²) in [5, 5.41) is 3.80. The van der Waals surface area contributed by atoms with Crippen LogP contribution >= 0.6 is 0 Å². The molecule has 1 aromatic carbocycles. The van der Waals surface area contributed by atoms with Gasteiger partial charge in [0, 0.05) is 31.5 Å². The van der Waals surface area contributed by atoms with Gasteiger partial charge in [0.2, 0.25) is 0 Å². The smallest absolute Gasteiger partial charge is 0.192 e. The first-order chi connectivity index (χ1) is 12.3. The van der Waals surface area contributed by atoms with Crippen LogP contribution in [0.3, 0.4) is 0 Å². The van der Waals surface area contributed by atoms with Gasteiger partial charge in [-0.1, -0.05) is 65.0 Å². The van der Waals surface area contributed by atoms with Crippen LogP contribution in [0.2, 0.25) is 18.1 Å². The summed E-state index contributed by atoms with van der Waals surface area (Å²) in [6, 6.07) is 10.8. The summed E-state index contributed by atoms with van der Waals surface area (Å²) in [7, 11) is -1.75. The molecule has 1 aromatic rings. The molecule has 1 saturated heterocycles. The highest BCUT2D eigenvalue weighted by atomic mass is 28.4. The molecule has 1 N–H and O–H groups in total. The maximum Gasteiger partial charge on any atom is 0.192 e. The Morgan fingerprint density at radius 2 is 1.73 bits per heavy atom. The third-order valence-electron chi connectivity index (χ3n) is 5.76. The molecule has 3 atom stereocenters. The van der Waals surface area contributed by atoms with E-state index >= 15 is 0 Å². The predicted octanol–water partition coefficient (Wildman–Crippen LogP) is 5.44. The fourth-order valence-corrected chi connectivity index (χ4v) is 4.19. The number of hydrogen-bond donors (Lipinski definition) is 1. The molecule has 1 fully saturated rings. The monoisotopic (exact) mass is 379 g/mol. The molecule has 4 heteroatoms. The van der Waals surface area contributed by atoms with Gasteiger partial charge in [0.25, 0.3) is 0 Å². The average Bonchev–Trinajstić information content (AvgIpc) is 3.09. The Morgan fingerprint density at radius 3 is 2.27 bits per heavy atom. The van der Waals surface area contributed by atoms with Crippen LogP contribution in [0.4, 0.5) is 0 Å². The Kier molecular flexibility index (Phi) is 9.52. The quantitative estimate of drug-likeness (QED) is 0.640. The van der Waals surface area contributed by atoms with Gasteiger partial charge in [0.1, 0.15) is 0 Å². The molecular weight excluding hydrogens is 338 g/mol. The summed E-state index contributed by atoms with van der Waals surface area (Å²) in [4.78, 5) is 0. The van der Waals surface area contributed by atoms with Crippen LogP contribution in [0.1, 0.15) is 53.0 Å². The third-order valence-corrected chi connectivity index (χ3v) is 10.3. The summed E-state index contributed by atoms with van der Waals surface area (Å²) < 4.78 is 12.6. The van der Waals surface area contributed by atoms with Gasteiger partial charge in [-0.3, -0.25) is 0 Å². The van der Waals surface area contributed by atoms with Crippen molar-refractivity contribution in [3.05, 3.63) is 35.9 Å². The van der Waals surface area contributed by atoms with Crippen molar-refractivity contribution in [1.82, 2.24) is 5.32 Å². The molecule has 0 unspecified atom stereocenters. The number of rotatable bonds is 7. The van der Waals surface area contributed by atoms with Gasteiger partial charge in [-0.2, -0.15) is 0 Å². The number of nitrogens with one attached hydrogen (secondary N) is 1. The minimum absolute atomic E-state index is 0.157. The van der Waals surface area contributed by atoms with Crippen LogP contribution in [-0.4, -0.2) is 40.7 Å². The third kappa shape index (κ3) is 6.19. The highest BCUT2D eigenvalue weighted by Gasteiger charge is 2.40. The van der Waals surface area contributed by atoms with E-state index in [2.05, 4.69) is 76.4 Å². The van der Waals surface area contributed by atoms with Crippen molar-refractivity contribution < 1.29 is 9.16 Å². The topological polar surface area (TPSA) is 30.5 Å². The lowest BCUT2D eigenvalue weighted by Gasteiger charge is -2.38. The van der Waals surface area contributed by atoms with Gasteiger partial charge >= 0.3 is 0 Å². The lowest BCUT2D eigenvalue weighted by atomic mass is 9.85. The normalized spacial score (nSPS) is 21.8. The lowest BCUT2D eigenvalue weighted by Crippen LogP contribution is -2.45. The van der Waals surface area contributed by atoms with Gasteiger partial charge in [-0.05, 0) is 30.6 Å². The van der Waals surface area contributed by atoms with E-state index in [-0.39, 0.29) is 11.1 Å². The van der Waals surface area contributed by atoms with Crippen LogP contribution in [0.15, 0.2) is 30.3 Å². The first-order valence-electron chi connectivity index (χ1n) is 10.3. The average molecular weight is 380 g/mol. The van der Waals surface area contributed by atoms with Crippen LogP contribution in [0.5, 0.6) is 0 Å². The number of hydrogen-bond acceptors (Lipinski definition) is 3. The molecule has 3 nitrogen and oxygen atoms in total. The molecule has 1 aliphatic heterocycles. The number of ether oxygens (including phenoxy) is 1. The minimum Gasteiger partial charge on any atom is -0.414 e. The summed E-state index contributed by atoms with van der Waals surface area (Å²) in [5.41, 5.74) is 1.41. The molecule has 0 spiro atoms. The molecular formula is C22H41NO2Si. The van der Waals surface area contributed by atoms with Crippen molar-refractivity contribution in [2.75, 3.05) is 26.3 Å². The molecule has 2 rings (SSSR count). The maximum atomic E-state index is 6.49. The highest BCUT2D eigenvalue weighted by molar-refractivity contribution is 6.74.